The van der Waals surface area contributed by atoms with E-state index < -0.39 is 11.7 Å². The zero-order valence-corrected chi connectivity index (χ0v) is 16.0. The highest BCUT2D eigenvalue weighted by atomic mass is 32.1. The summed E-state index contributed by atoms with van der Waals surface area (Å²) < 4.78 is 25.3. The van der Waals surface area contributed by atoms with Crippen LogP contribution in [0.2, 0.25) is 0 Å². The van der Waals surface area contributed by atoms with Gasteiger partial charge in [0.05, 0.1) is 29.5 Å². The molecule has 0 unspecified atom stereocenters. The van der Waals surface area contributed by atoms with Crippen molar-refractivity contribution in [3.63, 3.8) is 0 Å². The zero-order valence-electron chi connectivity index (χ0n) is 15.2. The highest BCUT2D eigenvalue weighted by Crippen LogP contribution is 2.38. The van der Waals surface area contributed by atoms with E-state index in [-0.39, 0.29) is 16.5 Å². The van der Waals surface area contributed by atoms with Gasteiger partial charge in [-0.1, -0.05) is 17.0 Å². The van der Waals surface area contributed by atoms with Crippen LogP contribution in [0.25, 0.3) is 11.3 Å². The van der Waals surface area contributed by atoms with Crippen LogP contribution in [0.4, 0.5) is 4.39 Å². The smallest absolute Gasteiger partial charge is 0.277 e. The Hall–Kier alpha value is -3.18. The molecule has 3 heterocycles. The van der Waals surface area contributed by atoms with Crippen LogP contribution in [-0.2, 0) is 6.42 Å². The molecule has 2 aromatic heterocycles. The Morgan fingerprint density at radius 2 is 2.21 bits per heavy atom. The van der Waals surface area contributed by atoms with Crippen LogP contribution >= 0.6 is 11.3 Å². The van der Waals surface area contributed by atoms with Crippen LogP contribution in [0.5, 0.6) is 5.75 Å². The fraction of sp³-hybridized carbons (Fsp3) is 0.250. The van der Waals surface area contributed by atoms with Crippen LogP contribution in [0, 0.1) is 24.6 Å². The van der Waals surface area contributed by atoms with Gasteiger partial charge in [0.1, 0.15) is 17.3 Å². The third-order valence-electron chi connectivity index (χ3n) is 4.33. The third-order valence-corrected chi connectivity index (χ3v) is 5.46. The van der Waals surface area contributed by atoms with Gasteiger partial charge in [-0.05, 0) is 19.9 Å². The number of aromatic nitrogens is 2. The van der Waals surface area contributed by atoms with Gasteiger partial charge in [-0.15, -0.1) is 11.3 Å². The maximum atomic E-state index is 14.6. The number of rotatable bonds is 2. The number of benzene rings is 1. The maximum absolute atomic E-state index is 14.6. The number of hydrogen-bond donors (Lipinski definition) is 1. The van der Waals surface area contributed by atoms with Crippen molar-refractivity contribution in [2.75, 3.05) is 6.61 Å². The van der Waals surface area contributed by atoms with E-state index in [1.807, 2.05) is 6.92 Å². The molecule has 6 nitrogen and oxygen atoms in total. The van der Waals surface area contributed by atoms with E-state index >= 15 is 0 Å². The van der Waals surface area contributed by atoms with Gasteiger partial charge in [0.2, 0.25) is 0 Å². The number of nitrogens with zero attached hydrogens (tertiary/aromatic N) is 2. The standard InChI is InChI=1S/C20H16FN3O3S/c1-10(15-7-11(2)27-24-15)3-4-12-8-13-16(9-14(12)21)26-6-5-17-18(13)23-20(28-17)19(22)25/h7-10H,5-6H2,1-2H3,(H2,22,25)/t10-/m0/s1. The highest BCUT2D eigenvalue weighted by molar-refractivity contribution is 7.14. The molecule has 1 aromatic carbocycles. The fourth-order valence-electron chi connectivity index (χ4n) is 2.90. The molecule has 0 fully saturated rings. The van der Waals surface area contributed by atoms with Crippen molar-refractivity contribution in [2.24, 2.45) is 5.73 Å². The predicted octanol–water partition coefficient (Wildman–Crippen LogP) is 3.43. The Kier molecular flexibility index (Phi) is 4.61. The van der Waals surface area contributed by atoms with Crippen LogP contribution in [0.3, 0.4) is 0 Å². The van der Waals surface area contributed by atoms with Crippen molar-refractivity contribution in [3.8, 4) is 28.8 Å². The number of carbonyl (C=O) groups excluding carboxylic acids is 1. The summed E-state index contributed by atoms with van der Waals surface area (Å²) in [5, 5.41) is 4.17. The molecule has 0 spiro atoms. The number of hydrogen-bond acceptors (Lipinski definition) is 6. The monoisotopic (exact) mass is 397 g/mol. The first-order valence-electron chi connectivity index (χ1n) is 8.63. The zero-order chi connectivity index (χ0) is 19.8. The second-order valence-corrected chi connectivity index (χ2v) is 7.52. The topological polar surface area (TPSA) is 91.2 Å². The summed E-state index contributed by atoms with van der Waals surface area (Å²) in [5.74, 6) is 5.65. The molecule has 0 saturated heterocycles. The second kappa shape index (κ2) is 7.09. The quantitative estimate of drug-likeness (QED) is 0.669. The Morgan fingerprint density at radius 3 is 2.93 bits per heavy atom. The first-order valence-corrected chi connectivity index (χ1v) is 9.45. The van der Waals surface area contributed by atoms with Gasteiger partial charge in [0.25, 0.3) is 5.91 Å². The van der Waals surface area contributed by atoms with E-state index in [0.29, 0.717) is 41.5 Å². The number of thiazole rings is 1. The lowest BCUT2D eigenvalue weighted by Gasteiger charge is -2.08. The minimum atomic E-state index is -0.584. The molecule has 3 aromatic rings. The molecule has 0 bridgehead atoms. The normalized spacial score (nSPS) is 13.4. The van der Waals surface area contributed by atoms with Crippen molar-refractivity contribution in [3.05, 3.63) is 50.9 Å². The Bertz CT molecular complexity index is 1140. The average Bonchev–Trinajstić information content (AvgIpc) is 3.24. The molecule has 28 heavy (non-hydrogen) atoms. The number of halogens is 1. The molecule has 142 valence electrons. The van der Waals surface area contributed by atoms with E-state index in [4.69, 9.17) is 15.0 Å². The third kappa shape index (κ3) is 3.37. The molecular weight excluding hydrogens is 381 g/mol. The highest BCUT2D eigenvalue weighted by Gasteiger charge is 2.23. The van der Waals surface area contributed by atoms with Crippen molar-refractivity contribution in [1.29, 1.82) is 0 Å². The summed E-state index contributed by atoms with van der Waals surface area (Å²) in [6.45, 7) is 4.04. The molecule has 1 amide bonds. The minimum Gasteiger partial charge on any atom is -0.492 e. The molecular formula is C20H16FN3O3S. The summed E-state index contributed by atoms with van der Waals surface area (Å²) in [6, 6.07) is 4.71. The number of fused-ring (bicyclic) bond motifs is 3. The minimum absolute atomic E-state index is 0.218. The van der Waals surface area contributed by atoms with Crippen LogP contribution in [0.15, 0.2) is 22.7 Å². The average molecular weight is 397 g/mol. The predicted molar refractivity (Wildman–Crippen MR) is 102 cm³/mol. The lowest BCUT2D eigenvalue weighted by molar-refractivity contribution is 0.1000. The summed E-state index contributed by atoms with van der Waals surface area (Å²) in [5.41, 5.74) is 7.46. The van der Waals surface area contributed by atoms with Gasteiger partial charge in [0, 0.05) is 29.0 Å². The first kappa shape index (κ1) is 18.2. The summed E-state index contributed by atoms with van der Waals surface area (Å²) in [4.78, 5) is 16.7. The van der Waals surface area contributed by atoms with E-state index in [1.54, 1.807) is 19.1 Å². The number of carbonyl (C=O) groups is 1. The van der Waals surface area contributed by atoms with Gasteiger partial charge < -0.3 is 15.0 Å². The van der Waals surface area contributed by atoms with Crippen LogP contribution in [0.1, 0.15) is 44.5 Å². The van der Waals surface area contributed by atoms with E-state index in [2.05, 4.69) is 22.0 Å². The number of amides is 1. The summed E-state index contributed by atoms with van der Waals surface area (Å²) >= 11 is 1.23. The Morgan fingerprint density at radius 1 is 1.39 bits per heavy atom. The van der Waals surface area contributed by atoms with E-state index in [1.165, 1.54) is 17.4 Å². The van der Waals surface area contributed by atoms with Gasteiger partial charge in [-0.25, -0.2) is 9.37 Å². The molecule has 8 heteroatoms. The molecule has 2 N–H and O–H groups in total. The fourth-order valence-corrected chi connectivity index (χ4v) is 3.80. The van der Waals surface area contributed by atoms with Crippen molar-refractivity contribution in [2.45, 2.75) is 26.2 Å². The van der Waals surface area contributed by atoms with E-state index in [9.17, 15) is 9.18 Å². The van der Waals surface area contributed by atoms with Gasteiger partial charge >= 0.3 is 0 Å². The number of nitrogens with two attached hydrogens (primary N) is 1. The number of aryl methyl sites for hydroxylation is 1. The lowest BCUT2D eigenvalue weighted by Crippen LogP contribution is -2.10. The van der Waals surface area contributed by atoms with Crippen molar-refractivity contribution < 1.29 is 18.4 Å². The van der Waals surface area contributed by atoms with Gasteiger partial charge in [-0.2, -0.15) is 0 Å². The lowest BCUT2D eigenvalue weighted by atomic mass is 10.0. The number of primary amides is 1. The van der Waals surface area contributed by atoms with Crippen molar-refractivity contribution in [1.82, 2.24) is 10.1 Å². The van der Waals surface area contributed by atoms with E-state index in [0.717, 1.165) is 4.88 Å². The second-order valence-electron chi connectivity index (χ2n) is 6.44. The first-order chi connectivity index (χ1) is 13.4. The maximum Gasteiger partial charge on any atom is 0.277 e. The molecule has 0 aliphatic carbocycles. The largest absolute Gasteiger partial charge is 0.492 e. The Labute approximate surface area is 164 Å². The molecule has 1 aliphatic rings. The van der Waals surface area contributed by atoms with Crippen LogP contribution < -0.4 is 10.5 Å². The molecule has 1 aliphatic heterocycles. The molecule has 1 atom stereocenters. The summed E-state index contributed by atoms with van der Waals surface area (Å²) in [6.07, 6.45) is 0.570. The summed E-state index contributed by atoms with van der Waals surface area (Å²) in [7, 11) is 0. The van der Waals surface area contributed by atoms with Gasteiger partial charge in [-0.3, -0.25) is 4.79 Å². The van der Waals surface area contributed by atoms with Crippen molar-refractivity contribution >= 4 is 17.2 Å². The molecule has 4 rings (SSSR count). The van der Waals surface area contributed by atoms with Crippen LogP contribution in [-0.4, -0.2) is 22.7 Å². The molecule has 0 saturated carbocycles. The Balaban J connectivity index is 1.75. The van der Waals surface area contributed by atoms with Gasteiger partial charge in [0.15, 0.2) is 5.01 Å². The molecule has 0 radical (unpaired) electrons. The SMILES string of the molecule is Cc1cc([C@@H](C)C#Cc2cc3c(cc2F)OCCc2sc(C(N)=O)nc2-3)no1. The number of ether oxygens (including phenoxy) is 1.